The molecule has 0 atom stereocenters. The van der Waals surface area contributed by atoms with Crippen LogP contribution >= 0.6 is 11.3 Å². The van der Waals surface area contributed by atoms with Gasteiger partial charge in [-0.05, 0) is 53.8 Å². The number of amides is 1. The molecule has 0 radical (unpaired) electrons. The van der Waals surface area contributed by atoms with E-state index in [1.54, 1.807) is 29.5 Å². The first-order valence-corrected chi connectivity index (χ1v) is 11.1. The summed E-state index contributed by atoms with van der Waals surface area (Å²) in [5.41, 5.74) is 1.60. The van der Waals surface area contributed by atoms with Crippen molar-refractivity contribution >= 4 is 39.0 Å². The van der Waals surface area contributed by atoms with Crippen molar-refractivity contribution in [2.45, 2.75) is 11.3 Å². The summed E-state index contributed by atoms with van der Waals surface area (Å²) in [5, 5.41) is 4.65. The highest BCUT2D eigenvalue weighted by molar-refractivity contribution is 7.89. The van der Waals surface area contributed by atoms with Crippen LogP contribution in [0.15, 0.2) is 83.1 Å². The maximum Gasteiger partial charge on any atom is 0.248 e. The number of nitrogens with one attached hydrogen (secondary N) is 2. The summed E-state index contributed by atoms with van der Waals surface area (Å²) in [7, 11) is -3.59. The molecule has 144 valence electrons. The van der Waals surface area contributed by atoms with Crippen LogP contribution in [-0.2, 0) is 21.2 Å². The van der Waals surface area contributed by atoms with Crippen molar-refractivity contribution in [3.63, 3.8) is 0 Å². The van der Waals surface area contributed by atoms with Gasteiger partial charge in [-0.3, -0.25) is 4.79 Å². The van der Waals surface area contributed by atoms with Gasteiger partial charge < -0.3 is 5.32 Å². The summed E-state index contributed by atoms with van der Waals surface area (Å²) in [6.45, 7) is 0.318. The van der Waals surface area contributed by atoms with E-state index in [1.165, 1.54) is 18.2 Å². The molecule has 1 amide bonds. The summed E-state index contributed by atoms with van der Waals surface area (Å²) >= 11 is 1.54. The van der Waals surface area contributed by atoms with Gasteiger partial charge in [-0.15, -0.1) is 11.3 Å². The standard InChI is InChI=1S/C21H20N2O3S2/c24-21(13-10-19-7-4-16-27-19)23-18-8-11-20(12-9-18)28(25,26)22-15-14-17-5-2-1-3-6-17/h1-13,16,22H,14-15H2,(H,23,24). The highest BCUT2D eigenvalue weighted by Crippen LogP contribution is 2.15. The summed E-state index contributed by atoms with van der Waals surface area (Å²) in [6.07, 6.45) is 3.79. The van der Waals surface area contributed by atoms with E-state index in [2.05, 4.69) is 10.0 Å². The third kappa shape index (κ3) is 5.88. The lowest BCUT2D eigenvalue weighted by atomic mass is 10.2. The van der Waals surface area contributed by atoms with Crippen LogP contribution in [0.5, 0.6) is 0 Å². The fourth-order valence-electron chi connectivity index (χ4n) is 2.50. The zero-order chi connectivity index (χ0) is 19.8. The van der Waals surface area contributed by atoms with Crippen molar-refractivity contribution in [1.29, 1.82) is 0 Å². The lowest BCUT2D eigenvalue weighted by Gasteiger charge is -2.08. The topological polar surface area (TPSA) is 75.3 Å². The van der Waals surface area contributed by atoms with Crippen LogP contribution in [0.1, 0.15) is 10.4 Å². The Hall–Kier alpha value is -2.74. The monoisotopic (exact) mass is 412 g/mol. The molecule has 2 aromatic carbocycles. The second-order valence-electron chi connectivity index (χ2n) is 6.00. The van der Waals surface area contributed by atoms with Gasteiger partial charge in [0.2, 0.25) is 15.9 Å². The molecule has 1 aromatic heterocycles. The van der Waals surface area contributed by atoms with E-state index in [9.17, 15) is 13.2 Å². The van der Waals surface area contributed by atoms with Crippen LogP contribution in [0.3, 0.4) is 0 Å². The van der Waals surface area contributed by atoms with Crippen molar-refractivity contribution in [3.05, 3.63) is 88.6 Å². The van der Waals surface area contributed by atoms with E-state index >= 15 is 0 Å². The molecule has 5 nitrogen and oxygen atoms in total. The number of hydrogen-bond donors (Lipinski definition) is 2. The van der Waals surface area contributed by atoms with E-state index in [1.807, 2.05) is 47.8 Å². The molecular weight excluding hydrogens is 392 g/mol. The largest absolute Gasteiger partial charge is 0.323 e. The van der Waals surface area contributed by atoms with Crippen LogP contribution in [0, 0.1) is 0 Å². The predicted molar refractivity (Wildman–Crippen MR) is 114 cm³/mol. The molecule has 0 unspecified atom stereocenters. The van der Waals surface area contributed by atoms with Gasteiger partial charge in [0, 0.05) is 23.2 Å². The lowest BCUT2D eigenvalue weighted by molar-refractivity contribution is -0.111. The second kappa shape index (κ2) is 9.45. The molecule has 1 heterocycles. The Kier molecular flexibility index (Phi) is 6.76. The second-order valence-corrected chi connectivity index (χ2v) is 8.74. The zero-order valence-electron chi connectivity index (χ0n) is 15.0. The summed E-state index contributed by atoms with van der Waals surface area (Å²) in [4.78, 5) is 13.1. The third-order valence-electron chi connectivity index (χ3n) is 3.92. The van der Waals surface area contributed by atoms with Crippen molar-refractivity contribution < 1.29 is 13.2 Å². The van der Waals surface area contributed by atoms with Crippen molar-refractivity contribution in [1.82, 2.24) is 4.72 Å². The quantitative estimate of drug-likeness (QED) is 0.551. The number of carbonyl (C=O) groups excluding carboxylic acids is 1. The van der Waals surface area contributed by atoms with Crippen molar-refractivity contribution in [2.75, 3.05) is 11.9 Å². The first kappa shape index (κ1) is 20.0. The molecule has 3 aromatic rings. The molecule has 0 saturated carbocycles. The molecule has 0 aliphatic rings. The van der Waals surface area contributed by atoms with E-state index < -0.39 is 10.0 Å². The maximum atomic E-state index is 12.4. The third-order valence-corrected chi connectivity index (χ3v) is 6.24. The van der Waals surface area contributed by atoms with Gasteiger partial charge in [0.25, 0.3) is 0 Å². The van der Waals surface area contributed by atoms with Gasteiger partial charge in [0.1, 0.15) is 0 Å². The normalized spacial score (nSPS) is 11.6. The Bertz CT molecular complexity index is 1030. The highest BCUT2D eigenvalue weighted by Gasteiger charge is 2.13. The average Bonchev–Trinajstić information content (AvgIpc) is 3.21. The molecule has 0 bridgehead atoms. The molecular formula is C21H20N2O3S2. The number of benzene rings is 2. The molecule has 0 aliphatic carbocycles. The number of sulfonamides is 1. The summed E-state index contributed by atoms with van der Waals surface area (Å²) in [5.74, 6) is -0.273. The minimum Gasteiger partial charge on any atom is -0.323 e. The van der Waals surface area contributed by atoms with Crippen LogP contribution in [0.2, 0.25) is 0 Å². The Morgan fingerprint density at radius 2 is 1.71 bits per heavy atom. The number of anilines is 1. The minimum absolute atomic E-state index is 0.160. The smallest absolute Gasteiger partial charge is 0.248 e. The van der Waals surface area contributed by atoms with Crippen LogP contribution in [-0.4, -0.2) is 20.9 Å². The first-order valence-electron chi connectivity index (χ1n) is 8.69. The van der Waals surface area contributed by atoms with Gasteiger partial charge in [-0.25, -0.2) is 13.1 Å². The molecule has 0 saturated heterocycles. The number of rotatable bonds is 8. The molecule has 0 aliphatic heterocycles. The summed E-state index contributed by atoms with van der Waals surface area (Å²) in [6, 6.07) is 19.6. The van der Waals surface area contributed by atoms with Crippen molar-refractivity contribution in [3.8, 4) is 0 Å². The van der Waals surface area contributed by atoms with Gasteiger partial charge >= 0.3 is 0 Å². The fourth-order valence-corrected chi connectivity index (χ4v) is 4.15. The maximum absolute atomic E-state index is 12.4. The molecule has 0 fully saturated rings. The molecule has 7 heteroatoms. The van der Waals surface area contributed by atoms with Gasteiger partial charge in [-0.2, -0.15) is 0 Å². The van der Waals surface area contributed by atoms with E-state index in [-0.39, 0.29) is 10.8 Å². The number of carbonyl (C=O) groups is 1. The van der Waals surface area contributed by atoms with E-state index in [0.717, 1.165) is 10.4 Å². The summed E-state index contributed by atoms with van der Waals surface area (Å²) < 4.78 is 27.4. The van der Waals surface area contributed by atoms with Crippen LogP contribution in [0.25, 0.3) is 6.08 Å². The van der Waals surface area contributed by atoms with Gasteiger partial charge in [-0.1, -0.05) is 36.4 Å². The zero-order valence-corrected chi connectivity index (χ0v) is 16.7. The van der Waals surface area contributed by atoms with Crippen LogP contribution in [0.4, 0.5) is 5.69 Å². The molecule has 3 rings (SSSR count). The number of thiophene rings is 1. The van der Waals surface area contributed by atoms with Crippen molar-refractivity contribution in [2.24, 2.45) is 0 Å². The van der Waals surface area contributed by atoms with Gasteiger partial charge in [0.05, 0.1) is 4.90 Å². The molecule has 0 spiro atoms. The predicted octanol–water partition coefficient (Wildman–Crippen LogP) is 3.92. The number of hydrogen-bond acceptors (Lipinski definition) is 4. The van der Waals surface area contributed by atoms with Crippen LogP contribution < -0.4 is 10.0 Å². The Morgan fingerprint density at radius 3 is 2.39 bits per heavy atom. The first-order chi connectivity index (χ1) is 13.5. The highest BCUT2D eigenvalue weighted by atomic mass is 32.2. The Balaban J connectivity index is 1.54. The molecule has 28 heavy (non-hydrogen) atoms. The minimum atomic E-state index is -3.59. The fraction of sp³-hybridized carbons (Fsp3) is 0.0952. The lowest BCUT2D eigenvalue weighted by Crippen LogP contribution is -2.26. The Morgan fingerprint density at radius 1 is 0.964 bits per heavy atom. The molecule has 2 N–H and O–H groups in total. The Labute approximate surface area is 168 Å². The van der Waals surface area contributed by atoms with Gasteiger partial charge in [0.15, 0.2) is 0 Å². The SMILES string of the molecule is O=C(C=Cc1cccs1)Nc1ccc(S(=O)(=O)NCCc2ccccc2)cc1. The van der Waals surface area contributed by atoms with E-state index in [0.29, 0.717) is 18.7 Å². The average molecular weight is 413 g/mol. The van der Waals surface area contributed by atoms with E-state index in [4.69, 9.17) is 0 Å².